The lowest BCUT2D eigenvalue weighted by molar-refractivity contribution is 0.102. The molecule has 0 aliphatic rings. The Balaban J connectivity index is 1.79. The number of thiazole rings is 1. The number of anilines is 1. The van der Waals surface area contributed by atoms with Crippen molar-refractivity contribution in [2.75, 3.05) is 19.5 Å². The summed E-state index contributed by atoms with van der Waals surface area (Å²) in [5.74, 6) is 0.403. The van der Waals surface area contributed by atoms with Crippen molar-refractivity contribution < 1.29 is 18.7 Å². The molecule has 5 nitrogen and oxygen atoms in total. The fourth-order valence-electron chi connectivity index (χ4n) is 2.36. The predicted molar refractivity (Wildman–Crippen MR) is 99.7 cm³/mol. The van der Waals surface area contributed by atoms with E-state index in [9.17, 15) is 9.18 Å². The minimum atomic E-state index is -0.414. The second-order valence-electron chi connectivity index (χ2n) is 5.53. The second-order valence-corrected chi connectivity index (χ2v) is 6.38. The van der Waals surface area contributed by atoms with E-state index in [1.165, 1.54) is 17.4 Å². The van der Waals surface area contributed by atoms with Crippen LogP contribution in [0.15, 0.2) is 41.8 Å². The molecule has 7 heteroatoms. The number of nitrogens with zero attached hydrogens (tertiary/aromatic N) is 1. The smallest absolute Gasteiger partial charge is 0.257 e. The minimum absolute atomic E-state index is 0.246. The summed E-state index contributed by atoms with van der Waals surface area (Å²) in [7, 11) is 3.14. The van der Waals surface area contributed by atoms with E-state index >= 15 is 0 Å². The Kier molecular flexibility index (Phi) is 5.18. The molecule has 0 bridgehead atoms. The highest BCUT2D eigenvalue weighted by atomic mass is 32.1. The zero-order valence-corrected chi connectivity index (χ0v) is 15.3. The lowest BCUT2D eigenvalue weighted by Gasteiger charge is -2.08. The number of hydrogen-bond acceptors (Lipinski definition) is 5. The van der Waals surface area contributed by atoms with Gasteiger partial charge in [0.2, 0.25) is 0 Å². The first-order valence-electron chi connectivity index (χ1n) is 7.77. The van der Waals surface area contributed by atoms with Crippen molar-refractivity contribution in [2.45, 2.75) is 6.92 Å². The molecule has 134 valence electrons. The van der Waals surface area contributed by atoms with Crippen LogP contribution in [0.4, 0.5) is 9.52 Å². The van der Waals surface area contributed by atoms with Gasteiger partial charge in [-0.05, 0) is 42.8 Å². The quantitative estimate of drug-likeness (QED) is 0.715. The molecule has 1 amide bonds. The van der Waals surface area contributed by atoms with Gasteiger partial charge in [0.1, 0.15) is 5.82 Å². The number of halogens is 1. The summed E-state index contributed by atoms with van der Waals surface area (Å²) < 4.78 is 24.1. The van der Waals surface area contributed by atoms with E-state index in [1.54, 1.807) is 39.3 Å². The highest BCUT2D eigenvalue weighted by Gasteiger charge is 2.13. The molecular formula is C19H17FN2O3S. The lowest BCUT2D eigenvalue weighted by atomic mass is 10.1. The van der Waals surface area contributed by atoms with Crippen LogP contribution in [0, 0.1) is 12.7 Å². The average molecular weight is 372 g/mol. The normalized spacial score (nSPS) is 10.5. The van der Waals surface area contributed by atoms with Crippen molar-refractivity contribution in [1.82, 2.24) is 4.98 Å². The monoisotopic (exact) mass is 372 g/mol. The van der Waals surface area contributed by atoms with Gasteiger partial charge in [-0.3, -0.25) is 10.1 Å². The third-order valence-corrected chi connectivity index (χ3v) is 4.60. The Bertz CT molecular complexity index is 956. The number of benzene rings is 2. The van der Waals surface area contributed by atoms with E-state index in [-0.39, 0.29) is 5.56 Å². The van der Waals surface area contributed by atoms with Gasteiger partial charge in [0.15, 0.2) is 16.6 Å². The summed E-state index contributed by atoms with van der Waals surface area (Å²) in [5.41, 5.74) is 2.27. The molecule has 0 atom stereocenters. The molecule has 3 aromatic rings. The molecule has 0 radical (unpaired) electrons. The lowest BCUT2D eigenvalue weighted by Crippen LogP contribution is -2.12. The summed E-state index contributed by atoms with van der Waals surface area (Å²) in [4.78, 5) is 16.7. The van der Waals surface area contributed by atoms with Crippen LogP contribution in [-0.2, 0) is 0 Å². The van der Waals surface area contributed by atoms with E-state index in [0.29, 0.717) is 27.9 Å². The molecule has 0 unspecified atom stereocenters. The van der Waals surface area contributed by atoms with Crippen LogP contribution >= 0.6 is 11.3 Å². The molecule has 0 aliphatic heterocycles. The van der Waals surface area contributed by atoms with Gasteiger partial charge in [-0.1, -0.05) is 6.07 Å². The Labute approximate surface area is 154 Å². The number of amides is 1. The van der Waals surface area contributed by atoms with E-state index in [4.69, 9.17) is 9.47 Å². The van der Waals surface area contributed by atoms with Crippen LogP contribution in [0.2, 0.25) is 0 Å². The molecule has 1 heterocycles. The van der Waals surface area contributed by atoms with Crippen LogP contribution in [0.3, 0.4) is 0 Å². The number of ether oxygens (including phenoxy) is 2. The van der Waals surface area contributed by atoms with Crippen molar-refractivity contribution in [3.63, 3.8) is 0 Å². The third kappa shape index (κ3) is 3.67. The molecule has 0 spiro atoms. The second kappa shape index (κ2) is 7.53. The largest absolute Gasteiger partial charge is 0.493 e. The molecule has 0 saturated heterocycles. The Morgan fingerprint density at radius 1 is 1.12 bits per heavy atom. The van der Waals surface area contributed by atoms with E-state index in [2.05, 4.69) is 10.3 Å². The Morgan fingerprint density at radius 2 is 1.88 bits per heavy atom. The molecule has 2 aromatic carbocycles. The fraction of sp³-hybridized carbons (Fsp3) is 0.158. The molecule has 1 aromatic heterocycles. The molecule has 3 rings (SSSR count). The topological polar surface area (TPSA) is 60.5 Å². The molecule has 0 aliphatic carbocycles. The highest BCUT2D eigenvalue weighted by molar-refractivity contribution is 7.14. The SMILES string of the molecule is COc1ccc(-c2csc(NC(=O)c3ccc(C)c(F)c3)n2)cc1OC. The van der Waals surface area contributed by atoms with Crippen LogP contribution < -0.4 is 14.8 Å². The maximum Gasteiger partial charge on any atom is 0.257 e. The van der Waals surface area contributed by atoms with Crippen LogP contribution in [0.25, 0.3) is 11.3 Å². The zero-order valence-electron chi connectivity index (χ0n) is 14.5. The Hall–Kier alpha value is -2.93. The highest BCUT2D eigenvalue weighted by Crippen LogP contribution is 2.33. The number of rotatable bonds is 5. The first kappa shape index (κ1) is 17.9. The third-order valence-electron chi connectivity index (χ3n) is 3.84. The van der Waals surface area contributed by atoms with Gasteiger partial charge in [0, 0.05) is 16.5 Å². The van der Waals surface area contributed by atoms with Crippen LogP contribution in [0.1, 0.15) is 15.9 Å². The first-order valence-corrected chi connectivity index (χ1v) is 8.65. The summed E-state index contributed by atoms with van der Waals surface area (Å²) in [6.07, 6.45) is 0. The number of hydrogen-bond donors (Lipinski definition) is 1. The van der Waals surface area contributed by atoms with Crippen LogP contribution in [-0.4, -0.2) is 25.1 Å². The van der Waals surface area contributed by atoms with Gasteiger partial charge in [-0.15, -0.1) is 11.3 Å². The van der Waals surface area contributed by atoms with Crippen molar-refractivity contribution in [3.8, 4) is 22.8 Å². The van der Waals surface area contributed by atoms with Crippen LogP contribution in [0.5, 0.6) is 11.5 Å². The number of carbonyl (C=O) groups is 1. The number of aromatic nitrogens is 1. The zero-order chi connectivity index (χ0) is 18.7. The van der Waals surface area contributed by atoms with Gasteiger partial charge in [-0.2, -0.15) is 0 Å². The molecule has 0 saturated carbocycles. The standard InChI is InChI=1S/C19H17FN2O3S/c1-11-4-5-13(8-14(11)20)18(23)22-19-21-15(10-26-19)12-6-7-16(24-2)17(9-12)25-3/h4-10H,1-3H3,(H,21,22,23). The van der Waals surface area contributed by atoms with Crippen molar-refractivity contribution in [3.05, 3.63) is 58.7 Å². The molecule has 0 fully saturated rings. The molecule has 26 heavy (non-hydrogen) atoms. The Morgan fingerprint density at radius 3 is 2.58 bits per heavy atom. The number of carbonyl (C=O) groups excluding carboxylic acids is 1. The van der Waals surface area contributed by atoms with Crippen molar-refractivity contribution in [1.29, 1.82) is 0 Å². The summed E-state index contributed by atoms with van der Waals surface area (Å²) in [5, 5.41) is 4.95. The maximum absolute atomic E-state index is 13.6. The van der Waals surface area contributed by atoms with E-state index < -0.39 is 11.7 Å². The summed E-state index contributed by atoms with van der Waals surface area (Å²) in [6, 6.07) is 9.83. The van der Waals surface area contributed by atoms with Gasteiger partial charge in [-0.25, -0.2) is 9.37 Å². The number of aryl methyl sites for hydroxylation is 1. The maximum atomic E-state index is 13.6. The number of methoxy groups -OCH3 is 2. The van der Waals surface area contributed by atoms with Gasteiger partial charge in [0.05, 0.1) is 19.9 Å². The van der Waals surface area contributed by atoms with Gasteiger partial charge >= 0.3 is 0 Å². The summed E-state index contributed by atoms with van der Waals surface area (Å²) in [6.45, 7) is 1.65. The van der Waals surface area contributed by atoms with Crippen molar-refractivity contribution in [2.24, 2.45) is 0 Å². The molecular weight excluding hydrogens is 355 g/mol. The van der Waals surface area contributed by atoms with Gasteiger partial charge in [0.25, 0.3) is 5.91 Å². The summed E-state index contributed by atoms with van der Waals surface area (Å²) >= 11 is 1.29. The van der Waals surface area contributed by atoms with E-state index in [1.807, 2.05) is 17.5 Å². The minimum Gasteiger partial charge on any atom is -0.493 e. The van der Waals surface area contributed by atoms with E-state index in [0.717, 1.165) is 5.56 Å². The fourth-order valence-corrected chi connectivity index (χ4v) is 3.08. The van der Waals surface area contributed by atoms with Gasteiger partial charge < -0.3 is 9.47 Å². The predicted octanol–water partition coefficient (Wildman–Crippen LogP) is 4.53. The van der Waals surface area contributed by atoms with Crippen molar-refractivity contribution >= 4 is 22.4 Å². The first-order chi connectivity index (χ1) is 12.5. The number of nitrogens with one attached hydrogen (secondary N) is 1. The molecule has 1 N–H and O–H groups in total. The average Bonchev–Trinajstić information content (AvgIpc) is 3.11.